The summed E-state index contributed by atoms with van der Waals surface area (Å²) < 4.78 is 16.9. The summed E-state index contributed by atoms with van der Waals surface area (Å²) >= 11 is 0. The lowest BCUT2D eigenvalue weighted by Crippen LogP contribution is -2.36. The topological polar surface area (TPSA) is 4.93 Å². The van der Waals surface area contributed by atoms with Crippen molar-refractivity contribution in [1.29, 1.82) is 0 Å². The number of hydrogen-bond acceptors (Lipinski definition) is 0. The molecule has 0 saturated heterocycles. The number of aromatic nitrogens is 1. The van der Waals surface area contributed by atoms with Gasteiger partial charge in [0.15, 0.2) is 0 Å². The lowest BCUT2D eigenvalue weighted by Gasteiger charge is -2.51. The fourth-order valence-electron chi connectivity index (χ4n) is 2.28. The van der Waals surface area contributed by atoms with Crippen molar-refractivity contribution in [3.63, 3.8) is 0 Å². The van der Waals surface area contributed by atoms with E-state index in [1.807, 2.05) is 71.5 Å². The predicted octanol–water partition coefficient (Wildman–Crippen LogP) is 4.67. The molecule has 0 bridgehead atoms. The zero-order valence-corrected chi connectivity index (χ0v) is 12.3. The Morgan fingerprint density at radius 3 is 1.75 bits per heavy atom. The van der Waals surface area contributed by atoms with Crippen LogP contribution in [-0.4, -0.2) is 14.1 Å². The van der Waals surface area contributed by atoms with Crippen molar-refractivity contribution >= 4 is 10.4 Å². The summed E-state index contributed by atoms with van der Waals surface area (Å²) in [4.78, 5) is 0. The molecule has 0 saturated carbocycles. The number of nitrogens with zero attached hydrogens (tertiary/aromatic N) is 1. The van der Waals surface area contributed by atoms with Crippen molar-refractivity contribution in [2.75, 3.05) is 0 Å². The van der Waals surface area contributed by atoms with Crippen molar-refractivity contribution in [2.24, 2.45) is 7.05 Å². The quantitative estimate of drug-likeness (QED) is 0.677. The summed E-state index contributed by atoms with van der Waals surface area (Å²) in [6.45, 7) is 12.0. The van der Waals surface area contributed by atoms with Gasteiger partial charge in [0.1, 0.15) is 0 Å². The van der Waals surface area contributed by atoms with Crippen molar-refractivity contribution in [2.45, 2.75) is 56.1 Å². The zero-order chi connectivity index (χ0) is 12.8. The van der Waals surface area contributed by atoms with E-state index in [1.54, 1.807) is 0 Å². The standard InChI is InChI=1S/C13H24FNS/c1-12(2,3)16(14,13(4,5)6)11-9-8-10-15(11)7/h8-10H,1-7H3. The minimum absolute atomic E-state index is 0.350. The third kappa shape index (κ3) is 1.90. The third-order valence-corrected chi connectivity index (χ3v) is 7.25. The molecule has 1 aromatic heterocycles. The molecule has 0 aliphatic carbocycles. The van der Waals surface area contributed by atoms with Gasteiger partial charge in [0, 0.05) is 22.7 Å². The first-order chi connectivity index (χ1) is 7.02. The van der Waals surface area contributed by atoms with Crippen LogP contribution in [0.15, 0.2) is 23.4 Å². The molecule has 0 spiro atoms. The Hall–Kier alpha value is -0.440. The monoisotopic (exact) mass is 245 g/mol. The average Bonchev–Trinajstić information content (AvgIpc) is 2.46. The van der Waals surface area contributed by atoms with E-state index in [0.717, 1.165) is 5.03 Å². The van der Waals surface area contributed by atoms with Crippen LogP contribution in [0.4, 0.5) is 3.89 Å². The molecular formula is C13H24FNS. The minimum atomic E-state index is -2.37. The van der Waals surface area contributed by atoms with E-state index in [2.05, 4.69) is 0 Å². The van der Waals surface area contributed by atoms with Gasteiger partial charge < -0.3 is 4.57 Å². The molecule has 1 aromatic rings. The Bertz CT molecular complexity index is 354. The van der Waals surface area contributed by atoms with E-state index in [0.29, 0.717) is 0 Å². The highest BCUT2D eigenvalue weighted by Crippen LogP contribution is 2.73. The molecule has 3 heteroatoms. The first-order valence-electron chi connectivity index (χ1n) is 5.65. The molecule has 0 atom stereocenters. The smallest absolute Gasteiger partial charge is 0.0854 e. The molecule has 1 rings (SSSR count). The molecule has 1 nitrogen and oxygen atoms in total. The second-order valence-electron chi connectivity index (χ2n) is 6.22. The lowest BCUT2D eigenvalue weighted by molar-refractivity contribution is 0.621. The lowest BCUT2D eigenvalue weighted by atomic mass is 10.2. The summed E-state index contributed by atoms with van der Waals surface area (Å²) in [6, 6.07) is 3.85. The predicted molar refractivity (Wildman–Crippen MR) is 71.9 cm³/mol. The highest BCUT2D eigenvalue weighted by molar-refractivity contribution is 8.31. The Labute approximate surface area is 101 Å². The van der Waals surface area contributed by atoms with Gasteiger partial charge in [0.25, 0.3) is 0 Å². The molecule has 0 aromatic carbocycles. The number of rotatable bonds is 1. The van der Waals surface area contributed by atoms with Crippen LogP contribution in [0.1, 0.15) is 41.5 Å². The van der Waals surface area contributed by atoms with Crippen LogP contribution in [0.2, 0.25) is 0 Å². The SMILES string of the molecule is Cn1cccc1S(F)(C(C)(C)C)C(C)(C)C. The van der Waals surface area contributed by atoms with E-state index in [1.165, 1.54) is 0 Å². The van der Waals surface area contributed by atoms with Crippen LogP contribution in [0.25, 0.3) is 0 Å². The average molecular weight is 245 g/mol. The highest BCUT2D eigenvalue weighted by Gasteiger charge is 2.49. The van der Waals surface area contributed by atoms with Gasteiger partial charge in [-0.1, -0.05) is 0 Å². The first kappa shape index (κ1) is 13.6. The molecular weight excluding hydrogens is 221 g/mol. The van der Waals surface area contributed by atoms with Crippen LogP contribution in [0.5, 0.6) is 0 Å². The fraction of sp³-hybridized carbons (Fsp3) is 0.692. The molecule has 0 aliphatic heterocycles. The number of aryl methyl sites for hydroxylation is 1. The van der Waals surface area contributed by atoms with Gasteiger partial charge in [-0.05, 0) is 64.1 Å². The first-order valence-corrected chi connectivity index (χ1v) is 7.18. The molecule has 0 amide bonds. The van der Waals surface area contributed by atoms with Crippen LogP contribution in [0.3, 0.4) is 0 Å². The third-order valence-electron chi connectivity index (χ3n) is 2.87. The summed E-state index contributed by atoms with van der Waals surface area (Å²) in [5, 5.41) is 0.840. The van der Waals surface area contributed by atoms with E-state index in [4.69, 9.17) is 0 Å². The zero-order valence-electron chi connectivity index (χ0n) is 11.5. The molecule has 0 unspecified atom stereocenters. The Kier molecular flexibility index (Phi) is 3.23. The summed E-state index contributed by atoms with van der Waals surface area (Å²) in [5.74, 6) is 0. The Balaban J connectivity index is 3.45. The van der Waals surface area contributed by atoms with Crippen molar-refractivity contribution < 1.29 is 3.89 Å². The maximum Gasteiger partial charge on any atom is 0.0854 e. The van der Waals surface area contributed by atoms with Gasteiger partial charge in [-0.2, -0.15) is 3.89 Å². The summed E-state index contributed by atoms with van der Waals surface area (Å²) in [5.41, 5.74) is 0. The maximum atomic E-state index is 15.7. The summed E-state index contributed by atoms with van der Waals surface area (Å²) in [6.07, 6.45) is 1.92. The second-order valence-corrected chi connectivity index (χ2v) is 10.2. The van der Waals surface area contributed by atoms with E-state index < -0.39 is 10.4 Å². The largest absolute Gasteiger partial charge is 0.345 e. The van der Waals surface area contributed by atoms with Gasteiger partial charge in [-0.15, -0.1) is 0 Å². The molecule has 0 N–H and O–H groups in total. The highest BCUT2D eigenvalue weighted by atomic mass is 32.3. The van der Waals surface area contributed by atoms with Crippen molar-refractivity contribution in [3.05, 3.63) is 18.3 Å². The maximum absolute atomic E-state index is 15.7. The summed E-state index contributed by atoms with van der Waals surface area (Å²) in [7, 11) is -0.450. The molecule has 0 aliphatic rings. The Morgan fingerprint density at radius 2 is 1.50 bits per heavy atom. The molecule has 94 valence electrons. The van der Waals surface area contributed by atoms with Gasteiger partial charge in [-0.3, -0.25) is 0 Å². The minimum Gasteiger partial charge on any atom is -0.345 e. The molecule has 1 heterocycles. The van der Waals surface area contributed by atoms with E-state index in [9.17, 15) is 0 Å². The molecule has 0 radical (unpaired) electrons. The molecule has 0 fully saturated rings. The Morgan fingerprint density at radius 1 is 1.06 bits per heavy atom. The van der Waals surface area contributed by atoms with E-state index >= 15 is 3.89 Å². The van der Waals surface area contributed by atoms with Gasteiger partial charge in [-0.25, -0.2) is 0 Å². The van der Waals surface area contributed by atoms with E-state index in [-0.39, 0.29) is 9.49 Å². The van der Waals surface area contributed by atoms with Gasteiger partial charge in [0.05, 0.1) is 5.03 Å². The van der Waals surface area contributed by atoms with Crippen LogP contribution in [0, 0.1) is 0 Å². The fourth-order valence-corrected chi connectivity index (χ4v) is 6.10. The van der Waals surface area contributed by atoms with Crippen LogP contribution >= 0.6 is 10.4 Å². The molecule has 16 heavy (non-hydrogen) atoms. The second kappa shape index (κ2) is 3.80. The van der Waals surface area contributed by atoms with Crippen LogP contribution < -0.4 is 0 Å². The van der Waals surface area contributed by atoms with Crippen molar-refractivity contribution in [1.82, 2.24) is 4.57 Å². The van der Waals surface area contributed by atoms with Crippen molar-refractivity contribution in [3.8, 4) is 0 Å². The number of halogens is 1. The normalized spacial score (nSPS) is 15.2. The van der Waals surface area contributed by atoms with Gasteiger partial charge in [0.2, 0.25) is 0 Å². The van der Waals surface area contributed by atoms with Gasteiger partial charge >= 0.3 is 0 Å². The number of hydrogen-bond donors (Lipinski definition) is 0. The van der Waals surface area contributed by atoms with Crippen LogP contribution in [-0.2, 0) is 7.05 Å².